The largest absolute Gasteiger partial charge is 0.497 e. The molecule has 0 fully saturated rings. The van der Waals surface area contributed by atoms with Crippen LogP contribution in [0.15, 0.2) is 67.0 Å². The monoisotopic (exact) mass is 378 g/mol. The molecule has 0 atom stereocenters. The van der Waals surface area contributed by atoms with Crippen LogP contribution in [0.1, 0.15) is 12.5 Å². The number of rotatable bonds is 10. The van der Waals surface area contributed by atoms with Gasteiger partial charge in [-0.25, -0.2) is 9.97 Å². The maximum atomic E-state index is 5.73. The van der Waals surface area contributed by atoms with Gasteiger partial charge in [0.1, 0.15) is 36.1 Å². The fourth-order valence-electron chi connectivity index (χ4n) is 2.80. The highest BCUT2D eigenvalue weighted by Gasteiger charge is 2.08. The second-order valence-electron chi connectivity index (χ2n) is 6.21. The summed E-state index contributed by atoms with van der Waals surface area (Å²) in [6, 6.07) is 19.9. The van der Waals surface area contributed by atoms with Gasteiger partial charge in [0, 0.05) is 19.2 Å². The van der Waals surface area contributed by atoms with Gasteiger partial charge < -0.3 is 19.7 Å². The van der Waals surface area contributed by atoms with Gasteiger partial charge in [-0.1, -0.05) is 30.3 Å². The Morgan fingerprint density at radius 3 is 2.43 bits per heavy atom. The lowest BCUT2D eigenvalue weighted by Crippen LogP contribution is -2.23. The molecule has 0 amide bonds. The van der Waals surface area contributed by atoms with Gasteiger partial charge in [-0.3, -0.25) is 0 Å². The SMILES string of the molecule is CCN(Cc1ccccc1)c1cc(NCCOc2ccc(OC)cc2)ncn1. The van der Waals surface area contributed by atoms with Crippen molar-refractivity contribution >= 4 is 11.6 Å². The summed E-state index contributed by atoms with van der Waals surface area (Å²) in [5.74, 6) is 3.32. The quantitative estimate of drug-likeness (QED) is 0.538. The molecule has 1 aromatic heterocycles. The molecule has 0 aliphatic rings. The van der Waals surface area contributed by atoms with Crippen LogP contribution < -0.4 is 19.7 Å². The van der Waals surface area contributed by atoms with E-state index in [0.717, 1.165) is 36.2 Å². The van der Waals surface area contributed by atoms with Crippen molar-refractivity contribution in [1.29, 1.82) is 0 Å². The molecule has 0 radical (unpaired) electrons. The summed E-state index contributed by atoms with van der Waals surface area (Å²) in [4.78, 5) is 11.0. The van der Waals surface area contributed by atoms with Crippen molar-refractivity contribution in [3.8, 4) is 11.5 Å². The molecule has 28 heavy (non-hydrogen) atoms. The molecule has 6 nitrogen and oxygen atoms in total. The van der Waals surface area contributed by atoms with E-state index >= 15 is 0 Å². The van der Waals surface area contributed by atoms with Crippen LogP contribution in [0.25, 0.3) is 0 Å². The maximum absolute atomic E-state index is 5.73. The molecule has 3 rings (SSSR count). The van der Waals surface area contributed by atoms with Crippen molar-refractivity contribution in [3.63, 3.8) is 0 Å². The molecule has 0 saturated heterocycles. The second-order valence-corrected chi connectivity index (χ2v) is 6.21. The molecular formula is C22H26N4O2. The third-order valence-corrected chi connectivity index (χ3v) is 4.31. The number of nitrogens with one attached hydrogen (secondary N) is 1. The standard InChI is InChI=1S/C22H26N4O2/c1-3-26(16-18-7-5-4-6-8-18)22-15-21(24-17-25-22)23-13-14-28-20-11-9-19(27-2)10-12-20/h4-12,15,17H,3,13-14,16H2,1-2H3,(H,23,24,25). The molecule has 0 spiro atoms. The average Bonchev–Trinajstić information content (AvgIpc) is 2.76. The molecule has 1 N–H and O–H groups in total. The van der Waals surface area contributed by atoms with Crippen LogP contribution in [-0.2, 0) is 6.54 Å². The van der Waals surface area contributed by atoms with Crippen molar-refractivity contribution in [1.82, 2.24) is 9.97 Å². The fraction of sp³-hybridized carbons (Fsp3) is 0.273. The molecule has 1 heterocycles. The van der Waals surface area contributed by atoms with Gasteiger partial charge >= 0.3 is 0 Å². The van der Waals surface area contributed by atoms with Gasteiger partial charge in [0.05, 0.1) is 13.7 Å². The van der Waals surface area contributed by atoms with E-state index in [-0.39, 0.29) is 0 Å². The minimum absolute atomic E-state index is 0.535. The summed E-state index contributed by atoms with van der Waals surface area (Å²) in [5, 5.41) is 3.29. The zero-order chi connectivity index (χ0) is 19.6. The van der Waals surface area contributed by atoms with E-state index in [0.29, 0.717) is 13.2 Å². The predicted molar refractivity (Wildman–Crippen MR) is 112 cm³/mol. The first-order valence-corrected chi connectivity index (χ1v) is 9.40. The van der Waals surface area contributed by atoms with Crippen LogP contribution in [0, 0.1) is 0 Å². The highest BCUT2D eigenvalue weighted by Crippen LogP contribution is 2.18. The van der Waals surface area contributed by atoms with Crippen molar-refractivity contribution < 1.29 is 9.47 Å². The van der Waals surface area contributed by atoms with E-state index in [1.807, 2.05) is 36.4 Å². The molecule has 0 unspecified atom stereocenters. The van der Waals surface area contributed by atoms with Crippen LogP contribution in [0.5, 0.6) is 11.5 Å². The summed E-state index contributed by atoms with van der Waals surface area (Å²) in [5.41, 5.74) is 1.25. The zero-order valence-corrected chi connectivity index (χ0v) is 16.3. The number of methoxy groups -OCH3 is 1. The Morgan fingerprint density at radius 2 is 1.71 bits per heavy atom. The molecule has 2 aromatic carbocycles. The van der Waals surface area contributed by atoms with Crippen molar-refractivity contribution in [2.45, 2.75) is 13.5 Å². The third kappa shape index (κ3) is 5.61. The molecule has 146 valence electrons. The molecule has 0 bridgehead atoms. The summed E-state index contributed by atoms with van der Waals surface area (Å²) in [7, 11) is 1.65. The van der Waals surface area contributed by atoms with Gasteiger partial charge in [-0.2, -0.15) is 0 Å². The normalized spacial score (nSPS) is 10.4. The van der Waals surface area contributed by atoms with Gasteiger partial charge in [0.15, 0.2) is 0 Å². The molecule has 0 aliphatic heterocycles. The van der Waals surface area contributed by atoms with E-state index < -0.39 is 0 Å². The summed E-state index contributed by atoms with van der Waals surface area (Å²) < 4.78 is 10.9. The highest BCUT2D eigenvalue weighted by molar-refractivity contribution is 5.48. The first-order chi connectivity index (χ1) is 13.8. The summed E-state index contributed by atoms with van der Waals surface area (Å²) >= 11 is 0. The van der Waals surface area contributed by atoms with Crippen molar-refractivity contribution in [2.75, 3.05) is 37.0 Å². The summed E-state index contributed by atoms with van der Waals surface area (Å²) in [6.07, 6.45) is 1.59. The van der Waals surface area contributed by atoms with Gasteiger partial charge in [0.25, 0.3) is 0 Å². The Morgan fingerprint density at radius 1 is 0.964 bits per heavy atom. The van der Waals surface area contributed by atoms with Crippen molar-refractivity contribution in [2.24, 2.45) is 0 Å². The van der Waals surface area contributed by atoms with Gasteiger partial charge in [0.2, 0.25) is 0 Å². The number of benzene rings is 2. The van der Waals surface area contributed by atoms with Crippen LogP contribution in [0.4, 0.5) is 11.6 Å². The maximum Gasteiger partial charge on any atom is 0.134 e. The van der Waals surface area contributed by atoms with E-state index in [1.165, 1.54) is 5.56 Å². The summed E-state index contributed by atoms with van der Waals surface area (Å²) in [6.45, 7) is 4.99. The molecular weight excluding hydrogens is 352 g/mol. The minimum Gasteiger partial charge on any atom is -0.497 e. The van der Waals surface area contributed by atoms with Crippen LogP contribution in [0.3, 0.4) is 0 Å². The van der Waals surface area contributed by atoms with Crippen LogP contribution in [0.2, 0.25) is 0 Å². The Balaban J connectivity index is 1.52. The number of ether oxygens (including phenoxy) is 2. The smallest absolute Gasteiger partial charge is 0.134 e. The predicted octanol–water partition coefficient (Wildman–Crippen LogP) is 4.00. The Hall–Kier alpha value is -3.28. The fourth-order valence-corrected chi connectivity index (χ4v) is 2.80. The van der Waals surface area contributed by atoms with Gasteiger partial charge in [-0.15, -0.1) is 0 Å². The number of nitrogens with zero attached hydrogens (tertiary/aromatic N) is 3. The Kier molecular flexibility index (Phi) is 7.07. The first kappa shape index (κ1) is 19.5. The number of aromatic nitrogens is 2. The average molecular weight is 378 g/mol. The lowest BCUT2D eigenvalue weighted by atomic mass is 10.2. The second kappa shape index (κ2) is 10.2. The van der Waals surface area contributed by atoms with Gasteiger partial charge in [-0.05, 0) is 36.8 Å². The number of hydrogen-bond donors (Lipinski definition) is 1. The number of anilines is 2. The lowest BCUT2D eigenvalue weighted by molar-refractivity contribution is 0.331. The zero-order valence-electron chi connectivity index (χ0n) is 16.3. The Labute approximate surface area is 166 Å². The third-order valence-electron chi connectivity index (χ3n) is 4.31. The van der Waals surface area contributed by atoms with Crippen molar-refractivity contribution in [3.05, 3.63) is 72.6 Å². The van der Waals surface area contributed by atoms with Crippen LogP contribution in [-0.4, -0.2) is 36.8 Å². The first-order valence-electron chi connectivity index (χ1n) is 9.40. The van der Waals surface area contributed by atoms with E-state index in [2.05, 4.69) is 51.4 Å². The number of hydrogen-bond acceptors (Lipinski definition) is 6. The lowest BCUT2D eigenvalue weighted by Gasteiger charge is -2.22. The van der Waals surface area contributed by atoms with E-state index in [1.54, 1.807) is 13.4 Å². The topological polar surface area (TPSA) is 59.5 Å². The molecule has 0 saturated carbocycles. The molecule has 3 aromatic rings. The molecule has 0 aliphatic carbocycles. The Bertz CT molecular complexity index is 841. The van der Waals surface area contributed by atoms with E-state index in [4.69, 9.17) is 9.47 Å². The minimum atomic E-state index is 0.535. The van der Waals surface area contributed by atoms with E-state index in [9.17, 15) is 0 Å². The highest BCUT2D eigenvalue weighted by atomic mass is 16.5. The molecule has 6 heteroatoms. The van der Waals surface area contributed by atoms with Crippen LogP contribution >= 0.6 is 0 Å².